The van der Waals surface area contributed by atoms with Crippen LogP contribution < -0.4 is 5.32 Å². The Morgan fingerprint density at radius 2 is 2.10 bits per heavy atom. The van der Waals surface area contributed by atoms with E-state index in [9.17, 15) is 9.18 Å². The van der Waals surface area contributed by atoms with E-state index in [1.807, 2.05) is 0 Å². The maximum Gasteiger partial charge on any atom is 0.266 e. The first kappa shape index (κ1) is 14.3. The minimum Gasteiger partial charge on any atom is -0.319 e. The molecule has 0 saturated carbocycles. The van der Waals surface area contributed by atoms with Crippen LogP contribution in [-0.4, -0.2) is 5.91 Å². The van der Waals surface area contributed by atoms with E-state index in [1.54, 1.807) is 24.3 Å². The molecule has 0 aliphatic heterocycles. The molecule has 1 amide bonds. The molecule has 0 radical (unpaired) electrons. The molecule has 1 aromatic heterocycles. The Morgan fingerprint density at radius 3 is 2.70 bits per heavy atom. The van der Waals surface area contributed by atoms with E-state index in [1.165, 1.54) is 35.6 Å². The summed E-state index contributed by atoms with van der Waals surface area (Å²) in [7, 11) is 0. The molecule has 1 heterocycles. The zero-order valence-corrected chi connectivity index (χ0v) is 11.6. The van der Waals surface area contributed by atoms with Crippen molar-refractivity contribution in [2.75, 3.05) is 5.32 Å². The van der Waals surface area contributed by atoms with Crippen LogP contribution in [0, 0.1) is 17.1 Å². The van der Waals surface area contributed by atoms with E-state index in [0.717, 1.165) is 0 Å². The zero-order chi connectivity index (χ0) is 14.5. The summed E-state index contributed by atoms with van der Waals surface area (Å²) in [4.78, 5) is 12.6. The first-order valence-corrected chi connectivity index (χ1v) is 6.72. The summed E-state index contributed by atoms with van der Waals surface area (Å²) in [6.45, 7) is 0. The molecule has 2 aromatic rings. The van der Waals surface area contributed by atoms with Gasteiger partial charge in [0.05, 0.1) is 10.0 Å². The molecule has 0 fully saturated rings. The number of anilines is 1. The second-order valence-corrected chi connectivity index (χ2v) is 5.49. The summed E-state index contributed by atoms with van der Waals surface area (Å²) in [5.74, 6) is -1.22. The van der Waals surface area contributed by atoms with Gasteiger partial charge in [-0.15, -0.1) is 11.3 Å². The standard InChI is InChI=1S/C14H8ClFN2OS/c15-13-6-5-10(20-13)7-9(8-17)14(19)18-12-4-2-1-3-11(12)16/h1-7H,(H,18,19)/b9-7+. The molecular weight excluding hydrogens is 299 g/mol. The molecule has 0 unspecified atom stereocenters. The molecule has 2 rings (SSSR count). The third-order valence-electron chi connectivity index (χ3n) is 2.37. The van der Waals surface area contributed by atoms with Gasteiger partial charge in [-0.2, -0.15) is 5.26 Å². The van der Waals surface area contributed by atoms with Crippen molar-refractivity contribution in [1.29, 1.82) is 5.26 Å². The Morgan fingerprint density at radius 1 is 1.35 bits per heavy atom. The van der Waals surface area contributed by atoms with Crippen molar-refractivity contribution >= 4 is 40.6 Å². The zero-order valence-electron chi connectivity index (χ0n) is 10.1. The van der Waals surface area contributed by atoms with Crippen LogP contribution in [0.4, 0.5) is 10.1 Å². The Kier molecular flexibility index (Phi) is 4.51. The van der Waals surface area contributed by atoms with Gasteiger partial charge in [-0.3, -0.25) is 4.79 Å². The van der Waals surface area contributed by atoms with Crippen LogP contribution in [0.25, 0.3) is 6.08 Å². The molecule has 100 valence electrons. The quantitative estimate of drug-likeness (QED) is 0.686. The number of hydrogen-bond donors (Lipinski definition) is 1. The molecule has 0 spiro atoms. The first-order valence-electron chi connectivity index (χ1n) is 5.53. The fourth-order valence-corrected chi connectivity index (χ4v) is 2.45. The SMILES string of the molecule is N#C/C(=C\c1ccc(Cl)s1)C(=O)Nc1ccccc1F. The lowest BCUT2D eigenvalue weighted by Gasteiger charge is -2.04. The monoisotopic (exact) mass is 306 g/mol. The van der Waals surface area contributed by atoms with Crippen LogP contribution >= 0.6 is 22.9 Å². The van der Waals surface area contributed by atoms with E-state index >= 15 is 0 Å². The molecule has 0 atom stereocenters. The highest BCUT2D eigenvalue weighted by Crippen LogP contribution is 2.24. The van der Waals surface area contributed by atoms with Crippen LogP contribution in [0.3, 0.4) is 0 Å². The molecule has 0 aliphatic carbocycles. The lowest BCUT2D eigenvalue weighted by Crippen LogP contribution is -2.14. The highest BCUT2D eigenvalue weighted by atomic mass is 35.5. The number of benzene rings is 1. The molecule has 0 aliphatic rings. The fraction of sp³-hybridized carbons (Fsp3) is 0. The van der Waals surface area contributed by atoms with E-state index in [2.05, 4.69) is 5.32 Å². The summed E-state index contributed by atoms with van der Waals surface area (Å²) in [6.07, 6.45) is 1.41. The van der Waals surface area contributed by atoms with Gasteiger partial charge in [-0.25, -0.2) is 4.39 Å². The minimum absolute atomic E-state index is 0.0304. The van der Waals surface area contributed by atoms with E-state index in [-0.39, 0.29) is 11.3 Å². The predicted octanol–water partition coefficient (Wildman–Crippen LogP) is 4.09. The number of nitrogens with one attached hydrogen (secondary N) is 1. The van der Waals surface area contributed by atoms with Crippen molar-refractivity contribution < 1.29 is 9.18 Å². The maximum absolute atomic E-state index is 13.4. The van der Waals surface area contributed by atoms with Gasteiger partial charge in [-0.05, 0) is 30.3 Å². The van der Waals surface area contributed by atoms with Gasteiger partial charge in [-0.1, -0.05) is 23.7 Å². The van der Waals surface area contributed by atoms with Crippen molar-refractivity contribution in [2.24, 2.45) is 0 Å². The number of amides is 1. The van der Waals surface area contributed by atoms with Gasteiger partial charge >= 0.3 is 0 Å². The number of halogens is 2. The van der Waals surface area contributed by atoms with Crippen molar-refractivity contribution in [3.63, 3.8) is 0 Å². The number of carbonyl (C=O) groups is 1. The number of nitrogens with zero attached hydrogens (tertiary/aromatic N) is 1. The predicted molar refractivity (Wildman–Crippen MR) is 77.9 cm³/mol. The Labute approximate surface area is 123 Å². The molecule has 0 bridgehead atoms. The third kappa shape index (κ3) is 3.44. The Bertz CT molecular complexity index is 718. The number of hydrogen-bond acceptors (Lipinski definition) is 3. The number of rotatable bonds is 3. The van der Waals surface area contributed by atoms with Gasteiger partial charge < -0.3 is 5.32 Å². The molecule has 1 N–H and O–H groups in total. The van der Waals surface area contributed by atoms with Gasteiger partial charge in [0.15, 0.2) is 0 Å². The number of nitriles is 1. The van der Waals surface area contributed by atoms with Crippen LogP contribution in [0.2, 0.25) is 4.34 Å². The highest BCUT2D eigenvalue weighted by molar-refractivity contribution is 7.17. The van der Waals surface area contributed by atoms with Crippen LogP contribution in [0.5, 0.6) is 0 Å². The average Bonchev–Trinajstić information content (AvgIpc) is 2.84. The maximum atomic E-state index is 13.4. The average molecular weight is 307 g/mol. The van der Waals surface area contributed by atoms with Crippen LogP contribution in [0.1, 0.15) is 4.88 Å². The molecule has 1 aromatic carbocycles. The summed E-state index contributed by atoms with van der Waals surface area (Å²) in [6, 6.07) is 10.9. The topological polar surface area (TPSA) is 52.9 Å². The molecule has 0 saturated heterocycles. The lowest BCUT2D eigenvalue weighted by molar-refractivity contribution is -0.112. The smallest absolute Gasteiger partial charge is 0.266 e. The highest BCUT2D eigenvalue weighted by Gasteiger charge is 2.12. The van der Waals surface area contributed by atoms with Crippen LogP contribution in [-0.2, 0) is 4.79 Å². The molecule has 6 heteroatoms. The molecule has 3 nitrogen and oxygen atoms in total. The van der Waals surface area contributed by atoms with E-state index < -0.39 is 11.7 Å². The second kappa shape index (κ2) is 6.33. The van der Waals surface area contributed by atoms with E-state index in [4.69, 9.17) is 16.9 Å². The van der Waals surface area contributed by atoms with Crippen molar-refractivity contribution in [3.05, 3.63) is 57.0 Å². The minimum atomic E-state index is -0.665. The molecular formula is C14H8ClFN2OS. The number of thiophene rings is 1. The van der Waals surface area contributed by atoms with Crippen molar-refractivity contribution in [2.45, 2.75) is 0 Å². The number of para-hydroxylation sites is 1. The second-order valence-electron chi connectivity index (χ2n) is 3.75. The molecule has 20 heavy (non-hydrogen) atoms. The summed E-state index contributed by atoms with van der Waals surface area (Å²) < 4.78 is 14.0. The van der Waals surface area contributed by atoms with Crippen molar-refractivity contribution in [3.8, 4) is 6.07 Å². The number of carbonyl (C=O) groups excluding carboxylic acids is 1. The first-order chi connectivity index (χ1) is 9.60. The largest absolute Gasteiger partial charge is 0.319 e. The lowest BCUT2D eigenvalue weighted by atomic mass is 10.2. The van der Waals surface area contributed by atoms with Crippen LogP contribution in [0.15, 0.2) is 42.0 Å². The Balaban J connectivity index is 2.21. The van der Waals surface area contributed by atoms with Gasteiger partial charge in [0.1, 0.15) is 17.5 Å². The normalized spacial score (nSPS) is 10.9. The summed E-state index contributed by atoms with van der Waals surface area (Å²) in [5, 5.41) is 11.4. The summed E-state index contributed by atoms with van der Waals surface area (Å²) >= 11 is 7.02. The van der Waals surface area contributed by atoms with Gasteiger partial charge in [0, 0.05) is 4.88 Å². The van der Waals surface area contributed by atoms with Gasteiger partial charge in [0.25, 0.3) is 5.91 Å². The van der Waals surface area contributed by atoms with Gasteiger partial charge in [0.2, 0.25) is 0 Å². The van der Waals surface area contributed by atoms with Crippen molar-refractivity contribution in [1.82, 2.24) is 0 Å². The Hall–Kier alpha value is -2.16. The third-order valence-corrected chi connectivity index (χ3v) is 3.55. The van der Waals surface area contributed by atoms with E-state index in [0.29, 0.717) is 9.21 Å². The summed E-state index contributed by atoms with van der Waals surface area (Å²) in [5.41, 5.74) is -0.0883. The fourth-order valence-electron chi connectivity index (χ4n) is 1.45.